The normalized spacial score (nSPS) is 23.3. The summed E-state index contributed by atoms with van der Waals surface area (Å²) < 4.78 is 0. The molecule has 0 bridgehead atoms. The minimum atomic E-state index is 0.374. The van der Waals surface area contributed by atoms with Crippen LogP contribution in [0.3, 0.4) is 0 Å². The quantitative estimate of drug-likeness (QED) is 0.717. The van der Waals surface area contributed by atoms with E-state index in [0.29, 0.717) is 5.91 Å². The molecule has 1 saturated heterocycles. The zero-order valence-electron chi connectivity index (χ0n) is 8.71. The molecule has 2 nitrogen and oxygen atoms in total. The van der Waals surface area contributed by atoms with E-state index in [9.17, 15) is 4.79 Å². The monoisotopic (exact) mass is 213 g/mol. The number of carbonyl (C=O) groups is 1. The van der Waals surface area contributed by atoms with Gasteiger partial charge in [0.05, 0.1) is 5.75 Å². The van der Waals surface area contributed by atoms with E-state index in [0.717, 1.165) is 24.1 Å². The van der Waals surface area contributed by atoms with Crippen molar-refractivity contribution in [1.82, 2.24) is 4.90 Å². The van der Waals surface area contributed by atoms with Crippen molar-refractivity contribution in [2.45, 2.75) is 43.8 Å². The molecule has 0 radical (unpaired) electrons. The summed E-state index contributed by atoms with van der Waals surface area (Å²) in [6.07, 6.45) is 7.82. The SMILES string of the molecule is O=C(CSC1CCCC1)N1CCCC1. The largest absolute Gasteiger partial charge is 0.342 e. The molecule has 3 heteroatoms. The van der Waals surface area contributed by atoms with Crippen molar-refractivity contribution in [3.63, 3.8) is 0 Å². The average molecular weight is 213 g/mol. The lowest BCUT2D eigenvalue weighted by Crippen LogP contribution is -2.29. The van der Waals surface area contributed by atoms with Crippen molar-refractivity contribution >= 4 is 17.7 Å². The predicted molar refractivity (Wildman–Crippen MR) is 60.5 cm³/mol. The molecule has 2 rings (SSSR count). The molecule has 80 valence electrons. The molecule has 1 aliphatic heterocycles. The van der Waals surface area contributed by atoms with Gasteiger partial charge in [0.2, 0.25) is 5.91 Å². The van der Waals surface area contributed by atoms with Crippen LogP contribution in [-0.4, -0.2) is 34.9 Å². The summed E-state index contributed by atoms with van der Waals surface area (Å²) >= 11 is 1.89. The Balaban J connectivity index is 1.66. The number of amides is 1. The fourth-order valence-corrected chi connectivity index (χ4v) is 3.53. The van der Waals surface area contributed by atoms with Crippen molar-refractivity contribution in [3.05, 3.63) is 0 Å². The molecular formula is C11H19NOS. The summed E-state index contributed by atoms with van der Waals surface area (Å²) in [6, 6.07) is 0. The van der Waals surface area contributed by atoms with Crippen molar-refractivity contribution in [1.29, 1.82) is 0 Å². The molecule has 0 aromatic heterocycles. The predicted octanol–water partition coefficient (Wildman–Crippen LogP) is 2.28. The highest BCUT2D eigenvalue weighted by Crippen LogP contribution is 2.29. The van der Waals surface area contributed by atoms with Crippen LogP contribution in [0.5, 0.6) is 0 Å². The van der Waals surface area contributed by atoms with E-state index in [1.54, 1.807) is 0 Å². The summed E-state index contributed by atoms with van der Waals surface area (Å²) in [5, 5.41) is 0.779. The van der Waals surface area contributed by atoms with Gasteiger partial charge in [0.15, 0.2) is 0 Å². The van der Waals surface area contributed by atoms with Gasteiger partial charge in [0, 0.05) is 18.3 Å². The van der Waals surface area contributed by atoms with Gasteiger partial charge in [-0.25, -0.2) is 0 Å². The van der Waals surface area contributed by atoms with E-state index in [4.69, 9.17) is 0 Å². The van der Waals surface area contributed by atoms with Gasteiger partial charge < -0.3 is 4.90 Å². The molecule has 0 unspecified atom stereocenters. The Labute approximate surface area is 90.4 Å². The van der Waals surface area contributed by atoms with Crippen LogP contribution in [0.25, 0.3) is 0 Å². The Bertz CT molecular complexity index is 195. The van der Waals surface area contributed by atoms with Gasteiger partial charge in [0.25, 0.3) is 0 Å². The van der Waals surface area contributed by atoms with Gasteiger partial charge in [-0.2, -0.15) is 0 Å². The lowest BCUT2D eigenvalue weighted by Gasteiger charge is -2.16. The molecule has 0 aromatic carbocycles. The van der Waals surface area contributed by atoms with E-state index in [2.05, 4.69) is 0 Å². The van der Waals surface area contributed by atoms with E-state index < -0.39 is 0 Å². The molecule has 0 atom stereocenters. The topological polar surface area (TPSA) is 20.3 Å². The summed E-state index contributed by atoms with van der Waals surface area (Å²) in [7, 11) is 0. The maximum atomic E-state index is 11.7. The van der Waals surface area contributed by atoms with Gasteiger partial charge in [-0.3, -0.25) is 4.79 Å². The fourth-order valence-electron chi connectivity index (χ4n) is 2.30. The van der Waals surface area contributed by atoms with Gasteiger partial charge in [0.1, 0.15) is 0 Å². The summed E-state index contributed by atoms with van der Waals surface area (Å²) in [5.41, 5.74) is 0. The third-order valence-corrected chi connectivity index (χ3v) is 4.56. The van der Waals surface area contributed by atoms with Crippen molar-refractivity contribution in [2.75, 3.05) is 18.8 Å². The molecule has 0 N–H and O–H groups in total. The molecule has 2 aliphatic rings. The first-order valence-corrected chi connectivity index (χ1v) is 6.80. The second kappa shape index (κ2) is 5.06. The Hall–Kier alpha value is -0.180. The minimum absolute atomic E-state index is 0.374. The molecule has 0 spiro atoms. The third kappa shape index (κ3) is 2.66. The number of likely N-dealkylation sites (tertiary alicyclic amines) is 1. The van der Waals surface area contributed by atoms with Crippen LogP contribution in [0, 0.1) is 0 Å². The highest BCUT2D eigenvalue weighted by atomic mass is 32.2. The average Bonchev–Trinajstić information content (AvgIpc) is 2.87. The van der Waals surface area contributed by atoms with Crippen LogP contribution >= 0.6 is 11.8 Å². The standard InChI is InChI=1S/C11H19NOS/c13-11(12-7-3-4-8-12)9-14-10-5-1-2-6-10/h10H,1-9H2. The first-order valence-electron chi connectivity index (χ1n) is 5.75. The van der Waals surface area contributed by atoms with Crippen LogP contribution in [0.2, 0.25) is 0 Å². The molecule has 1 amide bonds. The zero-order valence-corrected chi connectivity index (χ0v) is 9.52. The van der Waals surface area contributed by atoms with Crippen LogP contribution in [0.15, 0.2) is 0 Å². The van der Waals surface area contributed by atoms with Crippen LogP contribution in [0.4, 0.5) is 0 Å². The molecule has 0 aromatic rings. The molecule has 14 heavy (non-hydrogen) atoms. The second-order valence-electron chi connectivity index (χ2n) is 4.31. The van der Waals surface area contributed by atoms with Gasteiger partial charge >= 0.3 is 0 Å². The first-order chi connectivity index (χ1) is 6.86. The molecular weight excluding hydrogens is 194 g/mol. The van der Waals surface area contributed by atoms with E-state index >= 15 is 0 Å². The zero-order chi connectivity index (χ0) is 9.80. The van der Waals surface area contributed by atoms with Gasteiger partial charge in [-0.15, -0.1) is 11.8 Å². The number of carbonyl (C=O) groups excluding carboxylic acids is 1. The molecule has 1 saturated carbocycles. The highest BCUT2D eigenvalue weighted by Gasteiger charge is 2.21. The van der Waals surface area contributed by atoms with Crippen molar-refractivity contribution in [2.24, 2.45) is 0 Å². The van der Waals surface area contributed by atoms with E-state index in [1.165, 1.54) is 38.5 Å². The number of nitrogens with zero attached hydrogens (tertiary/aromatic N) is 1. The highest BCUT2D eigenvalue weighted by molar-refractivity contribution is 8.00. The molecule has 1 aliphatic carbocycles. The minimum Gasteiger partial charge on any atom is -0.342 e. The maximum absolute atomic E-state index is 11.7. The number of hydrogen-bond acceptors (Lipinski definition) is 2. The first kappa shape index (κ1) is 10.3. The van der Waals surface area contributed by atoms with Gasteiger partial charge in [-0.1, -0.05) is 12.8 Å². The molecule has 1 heterocycles. The summed E-state index contributed by atoms with van der Waals surface area (Å²) in [4.78, 5) is 13.7. The Kier molecular flexibility index (Phi) is 3.74. The lowest BCUT2D eigenvalue weighted by molar-refractivity contribution is -0.127. The fraction of sp³-hybridized carbons (Fsp3) is 0.909. The van der Waals surface area contributed by atoms with E-state index in [1.807, 2.05) is 16.7 Å². The number of rotatable bonds is 3. The number of thioether (sulfide) groups is 1. The Morgan fingerprint density at radius 3 is 2.43 bits per heavy atom. The summed E-state index contributed by atoms with van der Waals surface area (Å²) in [5.74, 6) is 1.10. The second-order valence-corrected chi connectivity index (χ2v) is 5.59. The Morgan fingerprint density at radius 1 is 1.14 bits per heavy atom. The van der Waals surface area contributed by atoms with Crippen LogP contribution in [-0.2, 0) is 4.79 Å². The molecule has 2 fully saturated rings. The summed E-state index contributed by atoms with van der Waals surface area (Å²) in [6.45, 7) is 2.01. The lowest BCUT2D eigenvalue weighted by atomic mass is 10.4. The number of hydrogen-bond donors (Lipinski definition) is 0. The van der Waals surface area contributed by atoms with Crippen LogP contribution in [0.1, 0.15) is 38.5 Å². The van der Waals surface area contributed by atoms with Crippen molar-refractivity contribution in [3.8, 4) is 0 Å². The maximum Gasteiger partial charge on any atom is 0.232 e. The smallest absolute Gasteiger partial charge is 0.232 e. The van der Waals surface area contributed by atoms with Gasteiger partial charge in [-0.05, 0) is 25.7 Å². The Morgan fingerprint density at radius 2 is 1.79 bits per heavy atom. The third-order valence-electron chi connectivity index (χ3n) is 3.20. The van der Waals surface area contributed by atoms with Crippen molar-refractivity contribution < 1.29 is 4.79 Å². The van der Waals surface area contributed by atoms with E-state index in [-0.39, 0.29) is 0 Å². The van der Waals surface area contributed by atoms with Crippen LogP contribution < -0.4 is 0 Å².